The number of nitrogens with one attached hydrogen (secondary N) is 1. The lowest BCUT2D eigenvalue weighted by Gasteiger charge is -2.09. The van der Waals surface area contributed by atoms with Crippen LogP contribution in [0.2, 0.25) is 5.02 Å². The molecule has 1 atom stereocenters. The second-order valence-corrected chi connectivity index (χ2v) is 5.94. The van der Waals surface area contributed by atoms with Crippen LogP contribution in [-0.4, -0.2) is 27.5 Å². The van der Waals surface area contributed by atoms with Crippen molar-refractivity contribution >= 4 is 23.2 Å². The predicted molar refractivity (Wildman–Crippen MR) is 87.2 cm³/mol. The van der Waals surface area contributed by atoms with E-state index in [9.17, 15) is 9.18 Å². The van der Waals surface area contributed by atoms with Gasteiger partial charge in [0, 0.05) is 31.3 Å². The summed E-state index contributed by atoms with van der Waals surface area (Å²) < 4.78 is 15.6. The van der Waals surface area contributed by atoms with Crippen LogP contribution >= 0.6 is 11.6 Å². The third-order valence-electron chi connectivity index (χ3n) is 4.00. The van der Waals surface area contributed by atoms with E-state index in [1.807, 2.05) is 14.0 Å². The van der Waals surface area contributed by atoms with Crippen LogP contribution in [0.3, 0.4) is 0 Å². The molecule has 3 rings (SSSR count). The first-order valence-corrected chi connectivity index (χ1v) is 7.77. The number of benzene rings is 1. The van der Waals surface area contributed by atoms with E-state index >= 15 is 0 Å². The van der Waals surface area contributed by atoms with Crippen LogP contribution in [-0.2, 0) is 23.2 Å². The van der Waals surface area contributed by atoms with Crippen molar-refractivity contribution in [2.75, 3.05) is 0 Å². The normalized spacial score (nSPS) is 16.7. The Labute approximate surface area is 143 Å². The molecule has 6 nitrogen and oxygen atoms in total. The van der Waals surface area contributed by atoms with Crippen molar-refractivity contribution < 1.29 is 14.0 Å². The fraction of sp³-hybridized carbons (Fsp3) is 0.312. The Kier molecular flexibility index (Phi) is 4.53. The summed E-state index contributed by atoms with van der Waals surface area (Å²) in [5.41, 5.74) is 2.40. The topological polar surface area (TPSA) is 68.5 Å². The summed E-state index contributed by atoms with van der Waals surface area (Å²) in [6, 6.07) is 4.38. The van der Waals surface area contributed by atoms with Gasteiger partial charge in [-0.2, -0.15) is 5.10 Å². The third-order valence-corrected chi connectivity index (χ3v) is 4.32. The third kappa shape index (κ3) is 3.12. The average Bonchev–Trinajstić information content (AvgIpc) is 3.14. The molecule has 1 aliphatic heterocycles. The van der Waals surface area contributed by atoms with E-state index < -0.39 is 11.9 Å². The highest BCUT2D eigenvalue weighted by Crippen LogP contribution is 2.25. The number of hydrogen-bond donors (Lipinski definition) is 1. The molecule has 1 aliphatic rings. The summed E-state index contributed by atoms with van der Waals surface area (Å²) in [5, 5.41) is 11.0. The first kappa shape index (κ1) is 16.4. The highest BCUT2D eigenvalue weighted by Gasteiger charge is 2.31. The number of oxime groups is 1. The van der Waals surface area contributed by atoms with Gasteiger partial charge in [0.1, 0.15) is 5.82 Å². The Morgan fingerprint density at radius 1 is 1.54 bits per heavy atom. The van der Waals surface area contributed by atoms with Crippen molar-refractivity contribution in [2.24, 2.45) is 12.2 Å². The number of hydrogen-bond acceptors (Lipinski definition) is 4. The van der Waals surface area contributed by atoms with E-state index in [0.29, 0.717) is 12.3 Å². The Hall–Kier alpha value is -2.41. The monoisotopic (exact) mass is 350 g/mol. The zero-order valence-electron chi connectivity index (χ0n) is 13.2. The van der Waals surface area contributed by atoms with E-state index in [4.69, 9.17) is 16.4 Å². The number of carbonyl (C=O) groups excluding carboxylic acids is 1. The molecule has 0 aliphatic carbocycles. The molecule has 1 aromatic heterocycles. The summed E-state index contributed by atoms with van der Waals surface area (Å²) in [5.74, 6) is -0.804. The van der Waals surface area contributed by atoms with Gasteiger partial charge in [-0.25, -0.2) is 4.39 Å². The molecule has 0 radical (unpaired) electrons. The Balaban J connectivity index is 1.62. The molecule has 1 amide bonds. The van der Waals surface area contributed by atoms with Crippen molar-refractivity contribution in [1.29, 1.82) is 0 Å². The van der Waals surface area contributed by atoms with Gasteiger partial charge < -0.3 is 10.2 Å². The fourth-order valence-corrected chi connectivity index (χ4v) is 2.73. The highest BCUT2D eigenvalue weighted by atomic mass is 35.5. The molecule has 0 saturated carbocycles. The number of aryl methyl sites for hydroxylation is 1. The van der Waals surface area contributed by atoms with Gasteiger partial charge in [0.15, 0.2) is 0 Å². The van der Waals surface area contributed by atoms with Crippen LogP contribution in [0.5, 0.6) is 0 Å². The number of aromatic nitrogens is 2. The van der Waals surface area contributed by atoms with Gasteiger partial charge in [-0.05, 0) is 19.1 Å². The minimum atomic E-state index is -0.798. The molecule has 0 fully saturated rings. The molecule has 8 heteroatoms. The summed E-state index contributed by atoms with van der Waals surface area (Å²) in [7, 11) is 1.83. The zero-order chi connectivity index (χ0) is 17.3. The molecular formula is C16H16ClFN4O2. The highest BCUT2D eigenvalue weighted by molar-refractivity contribution is 6.34. The van der Waals surface area contributed by atoms with Gasteiger partial charge in [0.05, 0.1) is 22.5 Å². The maximum Gasteiger partial charge on any atom is 0.264 e. The maximum absolute atomic E-state index is 13.9. The summed E-state index contributed by atoms with van der Waals surface area (Å²) in [6.45, 7) is 2.26. The number of halogens is 2. The molecule has 126 valence electrons. The van der Waals surface area contributed by atoms with Crippen LogP contribution in [0.4, 0.5) is 4.39 Å². The van der Waals surface area contributed by atoms with Gasteiger partial charge in [-0.3, -0.25) is 9.48 Å². The minimum absolute atomic E-state index is 0.165. The smallest absolute Gasteiger partial charge is 0.264 e. The Morgan fingerprint density at radius 3 is 3.00 bits per heavy atom. The Morgan fingerprint density at radius 2 is 2.33 bits per heavy atom. The summed E-state index contributed by atoms with van der Waals surface area (Å²) in [6.07, 6.45) is 1.07. The maximum atomic E-state index is 13.9. The lowest BCUT2D eigenvalue weighted by atomic mass is 10.0. The van der Waals surface area contributed by atoms with E-state index in [1.165, 1.54) is 12.1 Å². The van der Waals surface area contributed by atoms with E-state index in [0.717, 1.165) is 11.3 Å². The quantitative estimate of drug-likeness (QED) is 0.920. The lowest BCUT2D eigenvalue weighted by Crippen LogP contribution is -2.34. The van der Waals surface area contributed by atoms with Crippen LogP contribution in [0.1, 0.15) is 23.2 Å². The molecular weight excluding hydrogens is 335 g/mol. The molecule has 1 N–H and O–H groups in total. The Bertz CT molecular complexity index is 798. The second kappa shape index (κ2) is 6.60. The molecule has 24 heavy (non-hydrogen) atoms. The van der Waals surface area contributed by atoms with E-state index in [2.05, 4.69) is 15.6 Å². The van der Waals surface area contributed by atoms with Gasteiger partial charge in [0.25, 0.3) is 5.91 Å². The predicted octanol–water partition coefficient (Wildman–Crippen LogP) is 2.33. The van der Waals surface area contributed by atoms with Gasteiger partial charge in [-0.15, -0.1) is 0 Å². The molecule has 0 saturated heterocycles. The van der Waals surface area contributed by atoms with Gasteiger partial charge in [-0.1, -0.05) is 22.8 Å². The molecule has 0 spiro atoms. The van der Waals surface area contributed by atoms with E-state index in [-0.39, 0.29) is 22.9 Å². The van der Waals surface area contributed by atoms with Crippen LogP contribution in [0, 0.1) is 12.7 Å². The van der Waals surface area contributed by atoms with Gasteiger partial charge >= 0.3 is 0 Å². The first-order valence-electron chi connectivity index (χ1n) is 7.39. The average molecular weight is 351 g/mol. The number of carbonyl (C=O) groups is 1. The van der Waals surface area contributed by atoms with Crippen molar-refractivity contribution in [3.63, 3.8) is 0 Å². The lowest BCUT2D eigenvalue weighted by molar-refractivity contribution is -0.131. The molecule has 1 aromatic carbocycles. The van der Waals surface area contributed by atoms with Crippen molar-refractivity contribution in [1.82, 2.24) is 15.1 Å². The molecule has 2 heterocycles. The van der Waals surface area contributed by atoms with Crippen LogP contribution in [0.25, 0.3) is 0 Å². The summed E-state index contributed by atoms with van der Waals surface area (Å²) in [4.78, 5) is 17.4. The minimum Gasteiger partial charge on any atom is -0.382 e. The van der Waals surface area contributed by atoms with Crippen LogP contribution in [0.15, 0.2) is 29.6 Å². The zero-order valence-corrected chi connectivity index (χ0v) is 14.0. The number of amides is 1. The standard InChI is InChI=1S/C16H16ClFN4O2/c1-9-10(8-20-22(9)2)7-19-16(23)14-6-13(21-24-14)15-11(17)4-3-5-12(15)18/h3-5,8,14H,6-7H2,1-2H3,(H,19,23). The largest absolute Gasteiger partial charge is 0.382 e. The van der Waals surface area contributed by atoms with Crippen molar-refractivity contribution in [3.05, 3.63) is 52.1 Å². The fourth-order valence-electron chi connectivity index (χ4n) is 2.45. The SMILES string of the molecule is Cc1c(CNC(=O)C2CC(c3c(F)cccc3Cl)=NO2)cnn1C. The molecule has 2 aromatic rings. The van der Waals surface area contributed by atoms with Crippen LogP contribution < -0.4 is 5.32 Å². The van der Waals surface area contributed by atoms with Crippen molar-refractivity contribution in [2.45, 2.75) is 26.0 Å². The first-order chi connectivity index (χ1) is 11.5. The summed E-state index contributed by atoms with van der Waals surface area (Å²) >= 11 is 6.01. The molecule has 0 bridgehead atoms. The number of rotatable bonds is 4. The van der Waals surface area contributed by atoms with Crippen molar-refractivity contribution in [3.8, 4) is 0 Å². The number of nitrogens with zero attached hydrogens (tertiary/aromatic N) is 3. The molecule has 1 unspecified atom stereocenters. The van der Waals surface area contributed by atoms with Gasteiger partial charge in [0.2, 0.25) is 6.10 Å². The van der Waals surface area contributed by atoms with E-state index in [1.54, 1.807) is 16.9 Å². The second-order valence-electron chi connectivity index (χ2n) is 5.53.